The minimum Gasteiger partial charge on any atom is -0.756 e. The van der Waals surface area contributed by atoms with Crippen molar-refractivity contribution in [2.24, 2.45) is 0 Å². The van der Waals surface area contributed by atoms with Crippen LogP contribution in [0.3, 0.4) is 0 Å². The van der Waals surface area contributed by atoms with E-state index in [0.717, 1.165) is 0 Å². The zero-order valence-corrected chi connectivity index (χ0v) is 21.6. The van der Waals surface area contributed by atoms with Gasteiger partial charge in [-0.2, -0.15) is 0 Å². The minimum atomic E-state index is -4.73. The Hall–Kier alpha value is 0.598. The van der Waals surface area contributed by atoms with Crippen molar-refractivity contribution in [1.29, 1.82) is 0 Å². The van der Waals surface area contributed by atoms with Crippen LogP contribution < -0.4 is 4.89 Å². The van der Waals surface area contributed by atoms with E-state index in [2.05, 4.69) is 0 Å². The Balaban J connectivity index is 0.00000420. The largest absolute Gasteiger partial charge is 0.756 e. The van der Waals surface area contributed by atoms with Gasteiger partial charge in [-0.05, 0) is 60.7 Å². The number of phosphoric ester groups is 1. The smallest absolute Gasteiger partial charge is 0.265 e. The van der Waals surface area contributed by atoms with Crippen LogP contribution in [0.2, 0.25) is 0 Å². The SMILES string of the molecule is CC(C)OC[C@H]1O[C@@H](C)C(O)[C@H]1OP(=O)([O-])OC[C-]1O[C@@H](C)C[C@H]1OC(C)C.[W]. The summed E-state index contributed by atoms with van der Waals surface area (Å²) >= 11 is 0. The first-order chi connectivity index (χ1) is 13.0. The Kier molecular flexibility index (Phi) is 11.4. The number of aliphatic hydroxyl groups excluding tert-OH is 1. The summed E-state index contributed by atoms with van der Waals surface area (Å²) in [5.74, 6) is 0. The molecule has 0 spiro atoms. The maximum Gasteiger partial charge on any atom is 0.265 e. The molecule has 2 aliphatic rings. The number of rotatable bonds is 10. The summed E-state index contributed by atoms with van der Waals surface area (Å²) in [6.07, 6.45) is -2.98. The molecule has 0 aromatic heterocycles. The van der Waals surface area contributed by atoms with Gasteiger partial charge in [-0.25, -0.2) is 0 Å². The van der Waals surface area contributed by atoms with Gasteiger partial charge in [0.15, 0.2) is 0 Å². The van der Waals surface area contributed by atoms with Crippen molar-refractivity contribution in [1.82, 2.24) is 0 Å². The van der Waals surface area contributed by atoms with Crippen LogP contribution in [0.5, 0.6) is 0 Å². The Bertz CT molecular complexity index is 535. The van der Waals surface area contributed by atoms with Gasteiger partial charge < -0.3 is 38.0 Å². The van der Waals surface area contributed by atoms with Crippen molar-refractivity contribution in [3.8, 4) is 0 Å². The average molecular weight is 608 g/mol. The van der Waals surface area contributed by atoms with E-state index in [-0.39, 0.29) is 58.7 Å². The molecule has 2 heterocycles. The van der Waals surface area contributed by atoms with Gasteiger partial charge in [-0.1, -0.05) is 0 Å². The molecule has 2 aliphatic heterocycles. The second kappa shape index (κ2) is 12.0. The second-order valence-corrected chi connectivity index (χ2v) is 9.21. The van der Waals surface area contributed by atoms with Crippen LogP contribution in [0.4, 0.5) is 0 Å². The van der Waals surface area contributed by atoms with E-state index in [0.29, 0.717) is 12.5 Å². The van der Waals surface area contributed by atoms with Crippen molar-refractivity contribution < 1.29 is 63.6 Å². The van der Waals surface area contributed by atoms with Gasteiger partial charge in [0.25, 0.3) is 7.82 Å². The fourth-order valence-corrected chi connectivity index (χ4v) is 4.10. The Morgan fingerprint density at radius 2 is 1.90 bits per heavy atom. The predicted octanol–water partition coefficient (Wildman–Crippen LogP) is 1.56. The van der Waals surface area contributed by atoms with Gasteiger partial charge in [-0.3, -0.25) is 4.57 Å². The third kappa shape index (κ3) is 8.57. The van der Waals surface area contributed by atoms with Crippen LogP contribution in [-0.2, 0) is 53.6 Å². The third-order valence-electron chi connectivity index (χ3n) is 4.48. The molecule has 172 valence electrons. The van der Waals surface area contributed by atoms with Crippen LogP contribution in [0, 0.1) is 6.10 Å². The molecule has 0 saturated carbocycles. The summed E-state index contributed by atoms with van der Waals surface area (Å²) in [5.41, 5.74) is 0. The van der Waals surface area contributed by atoms with E-state index in [9.17, 15) is 14.6 Å². The summed E-state index contributed by atoms with van der Waals surface area (Å²) in [5, 5.41) is 10.2. The minimum absolute atomic E-state index is 0. The van der Waals surface area contributed by atoms with Crippen molar-refractivity contribution in [2.75, 3.05) is 13.2 Å². The zero-order valence-electron chi connectivity index (χ0n) is 17.8. The molecule has 2 fully saturated rings. The topological polar surface area (TPSA) is 116 Å². The van der Waals surface area contributed by atoms with E-state index in [1.807, 2.05) is 34.6 Å². The third-order valence-corrected chi connectivity index (χ3v) is 5.42. The molecule has 1 N–H and O–H groups in total. The van der Waals surface area contributed by atoms with Crippen LogP contribution in [0.1, 0.15) is 48.0 Å². The maximum absolute atomic E-state index is 12.4. The first-order valence-corrected chi connectivity index (χ1v) is 11.2. The first kappa shape index (κ1) is 27.6. The fourth-order valence-electron chi connectivity index (χ4n) is 3.20. The molecule has 9 nitrogen and oxygen atoms in total. The number of hydrogen-bond donors (Lipinski definition) is 1. The summed E-state index contributed by atoms with van der Waals surface area (Å²) in [7, 11) is -4.73. The quantitative estimate of drug-likeness (QED) is 0.292. The molecule has 2 saturated heterocycles. The molecule has 0 aromatic carbocycles. The molecule has 7 atom stereocenters. The van der Waals surface area contributed by atoms with Crippen LogP contribution in [0.25, 0.3) is 0 Å². The van der Waals surface area contributed by atoms with Crippen molar-refractivity contribution >= 4 is 7.82 Å². The number of phosphoric acid groups is 1. The standard InChI is InChI=1S/C18H34O9P.W/c1-10(2)22-8-16-18(17(19)13(6)26-16)27-28(20,21)23-9-15-14(24-11(3)4)7-12(5)25-15;/h10-14,16-19H,7-9H2,1-6H3,(H,20,21);/q-1;/p-1/t12-,13-,14+,16+,17?,18-;/m0./s1. The predicted molar refractivity (Wildman–Crippen MR) is 98.3 cm³/mol. The molecule has 29 heavy (non-hydrogen) atoms. The van der Waals surface area contributed by atoms with Gasteiger partial charge in [0.2, 0.25) is 0 Å². The number of hydrogen-bond acceptors (Lipinski definition) is 9. The molecular weight excluding hydrogens is 575 g/mol. The van der Waals surface area contributed by atoms with Gasteiger partial charge in [-0.15, -0.1) is 6.10 Å². The Morgan fingerprint density at radius 3 is 2.48 bits per heavy atom. The van der Waals surface area contributed by atoms with Crippen molar-refractivity contribution in [3.63, 3.8) is 0 Å². The molecule has 0 aromatic rings. The molecule has 0 amide bonds. The van der Waals surface area contributed by atoms with Gasteiger partial charge >= 0.3 is 0 Å². The second-order valence-electron chi connectivity index (χ2n) is 7.85. The van der Waals surface area contributed by atoms with E-state index in [4.69, 9.17) is 28.0 Å². The van der Waals surface area contributed by atoms with Crippen LogP contribution in [-0.4, -0.2) is 67.2 Å². The summed E-state index contributed by atoms with van der Waals surface area (Å²) < 4.78 is 44.9. The molecule has 0 bridgehead atoms. The number of aliphatic hydroxyl groups is 1. The van der Waals surface area contributed by atoms with E-state index in [1.54, 1.807) is 6.92 Å². The van der Waals surface area contributed by atoms with Gasteiger partial charge in [0, 0.05) is 33.3 Å². The monoisotopic (exact) mass is 608 g/mol. The molecule has 2 rings (SSSR count). The van der Waals surface area contributed by atoms with Crippen LogP contribution in [0.15, 0.2) is 0 Å². The summed E-state index contributed by atoms with van der Waals surface area (Å²) in [6.45, 7) is 10.8. The van der Waals surface area contributed by atoms with Gasteiger partial charge in [0.1, 0.15) is 18.3 Å². The van der Waals surface area contributed by atoms with Crippen molar-refractivity contribution in [3.05, 3.63) is 6.10 Å². The fraction of sp³-hybridized carbons (Fsp3) is 0.944. The average Bonchev–Trinajstić information content (AvgIpc) is 3.04. The Labute approximate surface area is 187 Å². The van der Waals surface area contributed by atoms with Crippen LogP contribution >= 0.6 is 7.82 Å². The number of ether oxygens (including phenoxy) is 4. The summed E-state index contributed by atoms with van der Waals surface area (Å²) in [4.78, 5) is 12.4. The molecule has 0 radical (unpaired) electrons. The summed E-state index contributed by atoms with van der Waals surface area (Å²) in [6, 6.07) is 0. The molecule has 2 unspecified atom stereocenters. The van der Waals surface area contributed by atoms with E-state index >= 15 is 0 Å². The van der Waals surface area contributed by atoms with Gasteiger partial charge in [0.05, 0.1) is 18.8 Å². The molecule has 11 heteroatoms. The zero-order chi connectivity index (χ0) is 21.1. The first-order valence-electron chi connectivity index (χ1n) is 9.75. The Morgan fingerprint density at radius 1 is 1.24 bits per heavy atom. The molecular formula is C18H33O9PW-2. The van der Waals surface area contributed by atoms with E-state index < -0.39 is 32.2 Å². The normalized spacial score (nSPS) is 35.2. The van der Waals surface area contributed by atoms with E-state index in [1.165, 1.54) is 0 Å². The maximum atomic E-state index is 12.4. The van der Waals surface area contributed by atoms with Crippen molar-refractivity contribution in [2.45, 2.75) is 96.8 Å². The molecule has 0 aliphatic carbocycles.